The Morgan fingerprint density at radius 1 is 1.33 bits per heavy atom. The van der Waals surface area contributed by atoms with Gasteiger partial charge in [-0.05, 0) is 25.1 Å². The summed E-state index contributed by atoms with van der Waals surface area (Å²) in [5.74, 6) is 0. The highest BCUT2D eigenvalue weighted by atomic mass is 19.4. The summed E-state index contributed by atoms with van der Waals surface area (Å²) in [7, 11) is 1.61. The lowest BCUT2D eigenvalue weighted by Gasteiger charge is -2.12. The third-order valence-corrected chi connectivity index (χ3v) is 2.02. The van der Waals surface area contributed by atoms with Crippen molar-refractivity contribution in [2.75, 3.05) is 12.4 Å². The molecule has 0 amide bonds. The number of alkyl halides is 3. The molecular weight excluding hydrogens is 205 g/mol. The number of anilines is 1. The van der Waals surface area contributed by atoms with Crippen molar-refractivity contribution in [3.8, 4) is 0 Å². The summed E-state index contributed by atoms with van der Waals surface area (Å²) in [6, 6.07) is 3.31. The molecule has 0 aromatic heterocycles. The van der Waals surface area contributed by atoms with E-state index in [1.54, 1.807) is 7.05 Å². The molecule has 0 aliphatic heterocycles. The maximum absolute atomic E-state index is 12.4. The lowest BCUT2D eigenvalue weighted by atomic mass is 10.0. The van der Waals surface area contributed by atoms with Crippen LogP contribution in [0.25, 0.3) is 0 Å². The Balaban J connectivity index is 3.28. The smallest absolute Gasteiger partial charge is 0.388 e. The predicted octanol–water partition coefficient (Wildman–Crippen LogP) is 3.13. The van der Waals surface area contributed by atoms with Gasteiger partial charge in [0.1, 0.15) is 0 Å². The van der Waals surface area contributed by atoms with Crippen molar-refractivity contribution < 1.29 is 13.2 Å². The third kappa shape index (κ3) is 2.49. The van der Waals surface area contributed by atoms with Gasteiger partial charge in [0.2, 0.25) is 0 Å². The Morgan fingerprint density at radius 3 is 2.33 bits per heavy atom. The van der Waals surface area contributed by atoms with Crippen LogP contribution in [0.2, 0.25) is 0 Å². The fourth-order valence-electron chi connectivity index (χ4n) is 1.25. The lowest BCUT2D eigenvalue weighted by molar-refractivity contribution is -0.137. The van der Waals surface area contributed by atoms with Crippen LogP contribution in [-0.4, -0.2) is 12.8 Å². The second kappa shape index (κ2) is 3.92. The topological polar surface area (TPSA) is 35.9 Å². The highest BCUT2D eigenvalue weighted by Crippen LogP contribution is 2.31. The molecule has 5 heteroatoms. The van der Waals surface area contributed by atoms with E-state index in [1.807, 2.05) is 0 Å². The Morgan fingerprint density at radius 2 is 1.93 bits per heavy atom. The van der Waals surface area contributed by atoms with Gasteiger partial charge in [-0.25, -0.2) is 0 Å². The zero-order chi connectivity index (χ0) is 11.6. The van der Waals surface area contributed by atoms with Crippen molar-refractivity contribution in [2.24, 2.45) is 0 Å². The maximum Gasteiger partial charge on any atom is 0.416 e. The van der Waals surface area contributed by atoms with Crippen molar-refractivity contribution in [1.29, 1.82) is 5.41 Å². The summed E-state index contributed by atoms with van der Waals surface area (Å²) in [6.45, 7) is 1.45. The van der Waals surface area contributed by atoms with Gasteiger partial charge in [-0.1, -0.05) is 0 Å². The zero-order valence-corrected chi connectivity index (χ0v) is 8.37. The summed E-state index contributed by atoms with van der Waals surface area (Å²) in [5, 5.41) is 10.1. The molecule has 15 heavy (non-hydrogen) atoms. The van der Waals surface area contributed by atoms with Crippen molar-refractivity contribution >= 4 is 11.4 Å². The van der Waals surface area contributed by atoms with E-state index in [4.69, 9.17) is 5.41 Å². The van der Waals surface area contributed by atoms with Gasteiger partial charge in [0.05, 0.1) is 5.56 Å². The minimum atomic E-state index is -4.36. The molecule has 0 atom stereocenters. The van der Waals surface area contributed by atoms with E-state index in [-0.39, 0.29) is 11.3 Å². The summed E-state index contributed by atoms with van der Waals surface area (Å²) < 4.78 is 37.1. The maximum atomic E-state index is 12.4. The van der Waals surface area contributed by atoms with Crippen molar-refractivity contribution in [3.63, 3.8) is 0 Å². The fraction of sp³-hybridized carbons (Fsp3) is 0.300. The number of hydrogen-bond acceptors (Lipinski definition) is 2. The van der Waals surface area contributed by atoms with Crippen LogP contribution >= 0.6 is 0 Å². The first-order valence-electron chi connectivity index (χ1n) is 4.30. The molecule has 82 valence electrons. The van der Waals surface area contributed by atoms with E-state index in [0.29, 0.717) is 5.69 Å². The minimum absolute atomic E-state index is 0.102. The number of hydrogen-bond donors (Lipinski definition) is 2. The number of benzene rings is 1. The van der Waals surface area contributed by atoms with E-state index in [2.05, 4.69) is 5.32 Å². The van der Waals surface area contributed by atoms with E-state index >= 15 is 0 Å². The van der Waals surface area contributed by atoms with Gasteiger partial charge in [-0.3, -0.25) is 0 Å². The molecule has 0 spiro atoms. The summed E-state index contributed by atoms with van der Waals surface area (Å²) in [6.07, 6.45) is -4.36. The van der Waals surface area contributed by atoms with E-state index in [1.165, 1.54) is 13.0 Å². The van der Waals surface area contributed by atoms with E-state index in [0.717, 1.165) is 12.1 Å². The molecule has 2 N–H and O–H groups in total. The second-order valence-corrected chi connectivity index (χ2v) is 3.13. The van der Waals surface area contributed by atoms with E-state index in [9.17, 15) is 13.2 Å². The summed E-state index contributed by atoms with van der Waals surface area (Å²) >= 11 is 0. The second-order valence-electron chi connectivity index (χ2n) is 3.13. The monoisotopic (exact) mass is 216 g/mol. The Bertz CT molecular complexity index is 383. The van der Waals surface area contributed by atoms with Crippen LogP contribution in [0, 0.1) is 5.41 Å². The summed E-state index contributed by atoms with van der Waals surface area (Å²) in [5.41, 5.74) is 0.163. The molecule has 1 aromatic carbocycles. The van der Waals surface area contributed by atoms with Crippen LogP contribution in [0.4, 0.5) is 18.9 Å². The standard InChI is InChI=1S/C10H11F3N2/c1-6(14)8-5-7(10(11,12)13)3-4-9(8)15-2/h3-5,14-15H,1-2H3. The van der Waals surface area contributed by atoms with Crippen LogP contribution in [0.3, 0.4) is 0 Å². The summed E-state index contributed by atoms with van der Waals surface area (Å²) in [4.78, 5) is 0. The van der Waals surface area contributed by atoms with Crippen molar-refractivity contribution in [1.82, 2.24) is 0 Å². The van der Waals surface area contributed by atoms with Gasteiger partial charge < -0.3 is 10.7 Å². The first kappa shape index (κ1) is 11.6. The van der Waals surface area contributed by atoms with Gasteiger partial charge in [0.15, 0.2) is 0 Å². The van der Waals surface area contributed by atoms with Crippen LogP contribution in [0.1, 0.15) is 18.1 Å². The molecule has 0 aliphatic carbocycles. The average molecular weight is 216 g/mol. The number of rotatable bonds is 2. The van der Waals surface area contributed by atoms with E-state index < -0.39 is 11.7 Å². The SMILES string of the molecule is CNc1ccc(C(F)(F)F)cc1C(C)=N. The highest BCUT2D eigenvalue weighted by Gasteiger charge is 2.31. The largest absolute Gasteiger partial charge is 0.416 e. The van der Waals surface area contributed by atoms with Gasteiger partial charge in [-0.2, -0.15) is 13.2 Å². The molecular formula is C10H11F3N2. The van der Waals surface area contributed by atoms with Gasteiger partial charge in [-0.15, -0.1) is 0 Å². The Labute approximate surface area is 85.6 Å². The number of halogens is 3. The third-order valence-electron chi connectivity index (χ3n) is 2.02. The minimum Gasteiger partial charge on any atom is -0.388 e. The molecule has 0 unspecified atom stereocenters. The Hall–Kier alpha value is -1.52. The molecule has 0 aliphatic rings. The predicted molar refractivity (Wildman–Crippen MR) is 53.5 cm³/mol. The molecule has 0 bridgehead atoms. The highest BCUT2D eigenvalue weighted by molar-refractivity contribution is 6.01. The van der Waals surface area contributed by atoms with Gasteiger partial charge in [0.25, 0.3) is 0 Å². The molecule has 2 nitrogen and oxygen atoms in total. The fourth-order valence-corrected chi connectivity index (χ4v) is 1.25. The van der Waals surface area contributed by atoms with Crippen LogP contribution in [0.15, 0.2) is 18.2 Å². The van der Waals surface area contributed by atoms with Crippen LogP contribution in [-0.2, 0) is 6.18 Å². The molecule has 0 radical (unpaired) electrons. The first-order valence-corrected chi connectivity index (χ1v) is 4.30. The van der Waals surface area contributed by atoms with Crippen LogP contribution < -0.4 is 5.32 Å². The Kier molecular flexibility index (Phi) is 3.02. The normalized spacial score (nSPS) is 11.3. The first-order chi connectivity index (χ1) is 6.86. The molecule has 1 aromatic rings. The lowest BCUT2D eigenvalue weighted by Crippen LogP contribution is -2.08. The molecule has 0 fully saturated rings. The van der Waals surface area contributed by atoms with Crippen molar-refractivity contribution in [3.05, 3.63) is 29.3 Å². The average Bonchev–Trinajstić information content (AvgIpc) is 2.15. The molecule has 1 rings (SSSR count). The van der Waals surface area contributed by atoms with Gasteiger partial charge >= 0.3 is 6.18 Å². The molecule has 0 saturated carbocycles. The van der Waals surface area contributed by atoms with Crippen LogP contribution in [0.5, 0.6) is 0 Å². The van der Waals surface area contributed by atoms with Gasteiger partial charge in [0, 0.05) is 24.0 Å². The molecule has 0 saturated heterocycles. The quantitative estimate of drug-likeness (QED) is 0.732. The zero-order valence-electron chi connectivity index (χ0n) is 8.37. The van der Waals surface area contributed by atoms with Crippen molar-refractivity contribution in [2.45, 2.75) is 13.1 Å². The molecule has 0 heterocycles. The number of nitrogens with one attached hydrogen (secondary N) is 2.